The van der Waals surface area contributed by atoms with Gasteiger partial charge in [0, 0.05) is 38.8 Å². The number of carbonyl (C=O) groups excluding carboxylic acids is 1. The Bertz CT molecular complexity index is 637. The highest BCUT2D eigenvalue weighted by Gasteiger charge is 2.30. The largest absolute Gasteiger partial charge is 0.348 e. The second-order valence-electron chi connectivity index (χ2n) is 5.85. The number of amides is 1. The third kappa shape index (κ3) is 3.04. The number of nitrogens with one attached hydrogen (secondary N) is 1. The highest BCUT2D eigenvalue weighted by atomic mass is 16.2. The zero-order chi connectivity index (χ0) is 15.5. The minimum atomic E-state index is 0.117. The molecule has 0 bridgehead atoms. The van der Waals surface area contributed by atoms with E-state index in [9.17, 15) is 4.79 Å². The molecule has 5 heteroatoms. The molecule has 2 aromatic rings. The summed E-state index contributed by atoms with van der Waals surface area (Å²) in [6.07, 6.45) is 1.74. The van der Waals surface area contributed by atoms with Gasteiger partial charge >= 0.3 is 0 Å². The van der Waals surface area contributed by atoms with Crippen molar-refractivity contribution in [2.45, 2.75) is 26.4 Å². The fourth-order valence-corrected chi connectivity index (χ4v) is 3.08. The Morgan fingerprint density at radius 2 is 2.09 bits per heavy atom. The summed E-state index contributed by atoms with van der Waals surface area (Å²) in [6, 6.07) is 10.4. The average Bonchev–Trinajstić information content (AvgIpc) is 2.93. The van der Waals surface area contributed by atoms with Crippen molar-refractivity contribution in [3.05, 3.63) is 53.6 Å². The molecule has 3 rings (SSSR count). The van der Waals surface area contributed by atoms with Crippen molar-refractivity contribution < 1.29 is 4.79 Å². The Hall–Kier alpha value is -2.14. The molecule has 5 nitrogen and oxygen atoms in total. The van der Waals surface area contributed by atoms with Gasteiger partial charge in [-0.3, -0.25) is 9.69 Å². The third-order valence-corrected chi connectivity index (χ3v) is 4.36. The topological polar surface area (TPSA) is 52.2 Å². The van der Waals surface area contributed by atoms with Crippen LogP contribution >= 0.6 is 0 Å². The van der Waals surface area contributed by atoms with E-state index in [4.69, 9.17) is 0 Å². The van der Waals surface area contributed by atoms with Gasteiger partial charge in [-0.2, -0.15) is 0 Å². The molecular formula is C17H22N4O. The number of hydrogen-bond acceptors (Lipinski definition) is 3. The van der Waals surface area contributed by atoms with E-state index in [2.05, 4.69) is 27.0 Å². The number of aromatic amines is 1. The van der Waals surface area contributed by atoms with Crippen molar-refractivity contribution in [3.8, 4) is 0 Å². The number of hydrogen-bond donors (Lipinski definition) is 1. The van der Waals surface area contributed by atoms with Gasteiger partial charge in [0.25, 0.3) is 0 Å². The summed E-state index contributed by atoms with van der Waals surface area (Å²) in [5, 5.41) is 0. The second kappa shape index (κ2) is 6.32. The molecule has 0 saturated carbocycles. The van der Waals surface area contributed by atoms with Crippen molar-refractivity contribution >= 4 is 5.91 Å². The van der Waals surface area contributed by atoms with E-state index in [0.717, 1.165) is 37.6 Å². The standard InChI is InChI=1S/C17H22N4O/c1-13-16(19-12-18-13)10-20-8-9-21(14(2)22)17(11-20)15-6-4-3-5-7-15/h3-7,12,17H,8-11H2,1-2H3,(H,18,19)/t17-/m0/s1. The minimum absolute atomic E-state index is 0.117. The smallest absolute Gasteiger partial charge is 0.220 e. The quantitative estimate of drug-likeness (QED) is 0.944. The van der Waals surface area contributed by atoms with Gasteiger partial charge in [0.1, 0.15) is 0 Å². The van der Waals surface area contributed by atoms with E-state index in [-0.39, 0.29) is 11.9 Å². The lowest BCUT2D eigenvalue weighted by Crippen LogP contribution is -2.49. The van der Waals surface area contributed by atoms with E-state index in [0.29, 0.717) is 0 Å². The number of H-pyrrole nitrogens is 1. The molecular weight excluding hydrogens is 276 g/mol. The number of carbonyl (C=O) groups is 1. The van der Waals surface area contributed by atoms with Crippen LogP contribution in [0.1, 0.15) is 29.9 Å². The molecule has 1 aliphatic rings. The van der Waals surface area contributed by atoms with Crippen LogP contribution in [0.2, 0.25) is 0 Å². The fraction of sp³-hybridized carbons (Fsp3) is 0.412. The Morgan fingerprint density at radius 1 is 1.32 bits per heavy atom. The Morgan fingerprint density at radius 3 is 2.73 bits per heavy atom. The molecule has 1 fully saturated rings. The Labute approximate surface area is 131 Å². The van der Waals surface area contributed by atoms with Gasteiger partial charge in [0.05, 0.1) is 18.1 Å². The van der Waals surface area contributed by atoms with Gasteiger partial charge in [-0.25, -0.2) is 4.98 Å². The molecule has 0 radical (unpaired) electrons. The summed E-state index contributed by atoms with van der Waals surface area (Å²) in [4.78, 5) is 23.8. The van der Waals surface area contributed by atoms with Gasteiger partial charge in [0.2, 0.25) is 5.91 Å². The maximum atomic E-state index is 12.0. The summed E-state index contributed by atoms with van der Waals surface area (Å²) in [5.74, 6) is 0.143. The van der Waals surface area contributed by atoms with Gasteiger partial charge in [0.15, 0.2) is 0 Å². The second-order valence-corrected chi connectivity index (χ2v) is 5.85. The van der Waals surface area contributed by atoms with Crippen LogP contribution in [0.5, 0.6) is 0 Å². The third-order valence-electron chi connectivity index (χ3n) is 4.36. The molecule has 1 aromatic carbocycles. The number of imidazole rings is 1. The summed E-state index contributed by atoms with van der Waals surface area (Å²) in [6.45, 7) is 7.01. The maximum absolute atomic E-state index is 12.0. The molecule has 1 aromatic heterocycles. The normalized spacial score (nSPS) is 19.4. The van der Waals surface area contributed by atoms with Crippen molar-refractivity contribution in [2.75, 3.05) is 19.6 Å². The zero-order valence-electron chi connectivity index (χ0n) is 13.1. The lowest BCUT2D eigenvalue weighted by Gasteiger charge is -2.41. The van der Waals surface area contributed by atoms with E-state index in [1.165, 1.54) is 5.56 Å². The lowest BCUT2D eigenvalue weighted by atomic mass is 10.0. The Balaban J connectivity index is 1.78. The highest BCUT2D eigenvalue weighted by Crippen LogP contribution is 2.26. The maximum Gasteiger partial charge on any atom is 0.220 e. The van der Waals surface area contributed by atoms with Crippen molar-refractivity contribution in [1.29, 1.82) is 0 Å². The molecule has 1 saturated heterocycles. The van der Waals surface area contributed by atoms with Crippen molar-refractivity contribution in [2.24, 2.45) is 0 Å². The van der Waals surface area contributed by atoms with Crippen LogP contribution in [-0.2, 0) is 11.3 Å². The van der Waals surface area contributed by atoms with E-state index in [1.807, 2.05) is 30.0 Å². The first-order valence-corrected chi connectivity index (χ1v) is 7.68. The van der Waals surface area contributed by atoms with Crippen molar-refractivity contribution in [1.82, 2.24) is 19.8 Å². The first kappa shape index (κ1) is 14.8. The zero-order valence-corrected chi connectivity index (χ0v) is 13.1. The molecule has 1 N–H and O–H groups in total. The van der Waals surface area contributed by atoms with Crippen LogP contribution in [0.3, 0.4) is 0 Å². The molecule has 2 heterocycles. The summed E-state index contributed by atoms with van der Waals surface area (Å²) >= 11 is 0. The average molecular weight is 298 g/mol. The lowest BCUT2D eigenvalue weighted by molar-refractivity contribution is -0.134. The molecule has 116 valence electrons. The number of aromatic nitrogens is 2. The number of aryl methyl sites for hydroxylation is 1. The van der Waals surface area contributed by atoms with Gasteiger partial charge in [-0.05, 0) is 12.5 Å². The van der Waals surface area contributed by atoms with Gasteiger partial charge < -0.3 is 9.88 Å². The van der Waals surface area contributed by atoms with Crippen LogP contribution in [0.15, 0.2) is 36.7 Å². The van der Waals surface area contributed by atoms with E-state index in [1.54, 1.807) is 13.3 Å². The molecule has 0 aliphatic carbocycles. The van der Waals surface area contributed by atoms with Crippen LogP contribution in [0.4, 0.5) is 0 Å². The number of rotatable bonds is 3. The van der Waals surface area contributed by atoms with E-state index >= 15 is 0 Å². The molecule has 0 unspecified atom stereocenters. The molecule has 22 heavy (non-hydrogen) atoms. The SMILES string of the molecule is CC(=O)N1CCN(Cc2nc[nH]c2C)C[C@H]1c1ccccc1. The molecule has 0 spiro atoms. The number of benzene rings is 1. The Kier molecular flexibility index (Phi) is 4.24. The summed E-state index contributed by atoms with van der Waals surface area (Å²) in [5.41, 5.74) is 3.40. The highest BCUT2D eigenvalue weighted by molar-refractivity contribution is 5.74. The number of piperazine rings is 1. The van der Waals surface area contributed by atoms with Crippen molar-refractivity contribution in [3.63, 3.8) is 0 Å². The van der Waals surface area contributed by atoms with Gasteiger partial charge in [-0.1, -0.05) is 30.3 Å². The first-order chi connectivity index (χ1) is 10.6. The molecule has 1 atom stereocenters. The molecule has 1 aliphatic heterocycles. The minimum Gasteiger partial charge on any atom is -0.348 e. The van der Waals surface area contributed by atoms with E-state index < -0.39 is 0 Å². The van der Waals surface area contributed by atoms with Crippen LogP contribution in [0.25, 0.3) is 0 Å². The summed E-state index contributed by atoms with van der Waals surface area (Å²) < 4.78 is 0. The van der Waals surface area contributed by atoms with Crippen LogP contribution in [0, 0.1) is 6.92 Å². The predicted octanol–water partition coefficient (Wildman–Crippen LogP) is 2.12. The number of nitrogens with zero attached hydrogens (tertiary/aromatic N) is 3. The first-order valence-electron chi connectivity index (χ1n) is 7.68. The van der Waals surface area contributed by atoms with Crippen LogP contribution < -0.4 is 0 Å². The molecule has 1 amide bonds. The van der Waals surface area contributed by atoms with Crippen LogP contribution in [-0.4, -0.2) is 45.3 Å². The monoisotopic (exact) mass is 298 g/mol. The van der Waals surface area contributed by atoms with Gasteiger partial charge in [-0.15, -0.1) is 0 Å². The predicted molar refractivity (Wildman–Crippen MR) is 85.2 cm³/mol. The summed E-state index contributed by atoms with van der Waals surface area (Å²) in [7, 11) is 0. The fourth-order valence-electron chi connectivity index (χ4n) is 3.08.